The van der Waals surface area contributed by atoms with Gasteiger partial charge in [0.2, 0.25) is 0 Å². The third kappa shape index (κ3) is 5.84. The predicted molar refractivity (Wildman–Crippen MR) is 154 cm³/mol. The van der Waals surface area contributed by atoms with Crippen molar-refractivity contribution in [2.45, 2.75) is 69.2 Å². The Morgan fingerprint density at radius 1 is 1.05 bits per heavy atom. The molecule has 9 nitrogen and oxygen atoms in total. The number of fused-ring (bicyclic) bond motifs is 2. The van der Waals surface area contributed by atoms with Gasteiger partial charge in [0.15, 0.2) is 0 Å². The molecule has 214 valence electrons. The molecule has 41 heavy (non-hydrogen) atoms. The molecule has 6 rings (SSSR count). The van der Waals surface area contributed by atoms with Crippen LogP contribution in [0.3, 0.4) is 0 Å². The number of nitrogens with one attached hydrogen (secondary N) is 1. The van der Waals surface area contributed by atoms with Crippen LogP contribution in [-0.4, -0.2) is 53.6 Å². The Hall–Kier alpha value is -3.40. The summed E-state index contributed by atoms with van der Waals surface area (Å²) in [6.45, 7) is 0.384. The van der Waals surface area contributed by atoms with E-state index in [0.717, 1.165) is 49.8 Å². The molecule has 2 saturated heterocycles. The van der Waals surface area contributed by atoms with E-state index in [1.165, 1.54) is 7.11 Å². The van der Waals surface area contributed by atoms with Gasteiger partial charge in [-0.15, -0.1) is 0 Å². The van der Waals surface area contributed by atoms with Gasteiger partial charge in [-0.1, -0.05) is 34.4 Å². The zero-order chi connectivity index (χ0) is 28.5. The fourth-order valence-electron chi connectivity index (χ4n) is 5.83. The summed E-state index contributed by atoms with van der Waals surface area (Å²) in [4.78, 5) is 26.3. The number of nitrogens with zero attached hydrogens (tertiary/aromatic N) is 3. The van der Waals surface area contributed by atoms with Gasteiger partial charge in [-0.2, -0.15) is 5.10 Å². The second-order valence-electron chi connectivity index (χ2n) is 10.7. The van der Waals surface area contributed by atoms with Crippen LogP contribution in [-0.2, 0) is 16.1 Å². The molecule has 11 heteroatoms. The third-order valence-electron chi connectivity index (χ3n) is 8.10. The van der Waals surface area contributed by atoms with Crippen molar-refractivity contribution in [1.82, 2.24) is 15.5 Å². The van der Waals surface area contributed by atoms with Crippen LogP contribution in [0.5, 0.6) is 0 Å². The molecule has 3 heterocycles. The molecule has 1 aliphatic carbocycles. The standard InChI is InChI=1S/C30H30Cl2N4O5/c1-39-30(38)19-9-7-18(8-10-19)29(37)34-33-16-36-20-11-12-21(36)14-22(13-20)40-15-23-27(35-41-28(23)17-5-6-17)26-24(31)3-2-4-25(26)32/h2-4,7-10,16-17,20-22H,5-6,11-15H2,1H3,(H,34,37)/b33-16+/t20-,21+,22+. The summed E-state index contributed by atoms with van der Waals surface area (Å²) in [6.07, 6.45) is 7.76. The van der Waals surface area contributed by atoms with Gasteiger partial charge in [0.1, 0.15) is 17.8 Å². The van der Waals surface area contributed by atoms with Gasteiger partial charge >= 0.3 is 5.97 Å². The van der Waals surface area contributed by atoms with Crippen molar-refractivity contribution in [3.63, 3.8) is 0 Å². The molecule has 3 atom stereocenters. The highest BCUT2D eigenvalue weighted by molar-refractivity contribution is 6.39. The average Bonchev–Trinajstić information content (AvgIpc) is 3.70. The molecular weight excluding hydrogens is 567 g/mol. The molecule has 0 unspecified atom stereocenters. The number of methoxy groups -OCH3 is 1. The SMILES string of the molecule is COC(=O)c1ccc(C(=O)N/N=C/N2[C@@H]3CC[C@H]2C[C@@H](OCc2c(-c4c(Cl)cccc4Cl)noc2C2CC2)C3)cc1. The fraction of sp³-hybridized carbons (Fsp3) is 0.400. The Balaban J connectivity index is 1.07. The first-order valence-electron chi connectivity index (χ1n) is 13.8. The predicted octanol–water partition coefficient (Wildman–Crippen LogP) is 6.20. The topological polar surface area (TPSA) is 106 Å². The van der Waals surface area contributed by atoms with E-state index >= 15 is 0 Å². The second kappa shape index (κ2) is 11.8. The molecule has 3 fully saturated rings. The highest BCUT2D eigenvalue weighted by Gasteiger charge is 2.41. The minimum Gasteiger partial charge on any atom is -0.465 e. The maximum atomic E-state index is 12.5. The van der Waals surface area contributed by atoms with Gasteiger partial charge in [0.05, 0.1) is 35.4 Å². The van der Waals surface area contributed by atoms with Crippen LogP contribution in [0.4, 0.5) is 0 Å². The van der Waals surface area contributed by atoms with Crippen LogP contribution >= 0.6 is 23.2 Å². The van der Waals surface area contributed by atoms with Gasteiger partial charge < -0.3 is 18.9 Å². The summed E-state index contributed by atoms with van der Waals surface area (Å²) in [5.74, 6) is 0.441. The molecule has 3 aromatic rings. The summed E-state index contributed by atoms with van der Waals surface area (Å²) in [5, 5.41) is 9.65. The van der Waals surface area contributed by atoms with Crippen LogP contribution in [0.15, 0.2) is 52.1 Å². The van der Waals surface area contributed by atoms with Gasteiger partial charge in [-0.25, -0.2) is 10.2 Å². The number of carbonyl (C=O) groups excluding carboxylic acids is 2. The molecule has 3 aliphatic rings. The fourth-order valence-corrected chi connectivity index (χ4v) is 6.41. The summed E-state index contributed by atoms with van der Waals surface area (Å²) in [6, 6.07) is 12.2. The van der Waals surface area contributed by atoms with Crippen molar-refractivity contribution in [3.05, 3.63) is 75.0 Å². The average molecular weight is 597 g/mol. The number of carbonyl (C=O) groups is 2. The summed E-state index contributed by atoms with van der Waals surface area (Å²) in [5.41, 5.74) is 5.64. The van der Waals surface area contributed by atoms with E-state index in [2.05, 4.69) is 20.6 Å². The molecule has 2 aliphatic heterocycles. The Morgan fingerprint density at radius 2 is 1.71 bits per heavy atom. The van der Waals surface area contributed by atoms with Crippen LogP contribution in [0.25, 0.3) is 11.3 Å². The van der Waals surface area contributed by atoms with E-state index in [4.69, 9.17) is 37.2 Å². The number of halogens is 2. The highest BCUT2D eigenvalue weighted by atomic mass is 35.5. The van der Waals surface area contributed by atoms with Crippen molar-refractivity contribution in [2.24, 2.45) is 5.10 Å². The van der Waals surface area contributed by atoms with Crippen molar-refractivity contribution in [2.75, 3.05) is 7.11 Å². The maximum Gasteiger partial charge on any atom is 0.337 e. The Labute approximate surface area is 247 Å². The van der Waals surface area contributed by atoms with Crippen LogP contribution in [0.1, 0.15) is 76.5 Å². The lowest BCUT2D eigenvalue weighted by molar-refractivity contribution is -0.0105. The first kappa shape index (κ1) is 27.8. The maximum absolute atomic E-state index is 12.5. The number of piperidine rings is 1. The second-order valence-corrected chi connectivity index (χ2v) is 11.6. The number of hydrazone groups is 1. The normalized spacial score (nSPS) is 21.8. The van der Waals surface area contributed by atoms with Crippen LogP contribution < -0.4 is 5.43 Å². The molecule has 1 saturated carbocycles. The van der Waals surface area contributed by atoms with E-state index in [-0.39, 0.29) is 24.1 Å². The van der Waals surface area contributed by atoms with Crippen molar-refractivity contribution in [3.8, 4) is 11.3 Å². The van der Waals surface area contributed by atoms with E-state index in [9.17, 15) is 9.59 Å². The van der Waals surface area contributed by atoms with Crippen molar-refractivity contribution in [1.29, 1.82) is 0 Å². The lowest BCUT2D eigenvalue weighted by atomic mass is 10.00. The molecule has 0 radical (unpaired) electrons. The van der Waals surface area contributed by atoms with Crippen LogP contribution in [0, 0.1) is 0 Å². The quantitative estimate of drug-likeness (QED) is 0.136. The first-order valence-corrected chi connectivity index (χ1v) is 14.5. The number of benzene rings is 2. The Bertz CT molecular complexity index is 1440. The number of hydrogen-bond donors (Lipinski definition) is 1. The molecule has 1 N–H and O–H groups in total. The van der Waals surface area contributed by atoms with E-state index in [1.807, 2.05) is 6.07 Å². The third-order valence-corrected chi connectivity index (χ3v) is 8.73. The van der Waals surface area contributed by atoms with E-state index in [0.29, 0.717) is 45.0 Å². The molecule has 1 aromatic heterocycles. The van der Waals surface area contributed by atoms with Crippen LogP contribution in [0.2, 0.25) is 10.0 Å². The molecular formula is C30H30Cl2N4O5. The summed E-state index contributed by atoms with van der Waals surface area (Å²) < 4.78 is 17.0. The zero-order valence-corrected chi connectivity index (χ0v) is 24.0. The lowest BCUT2D eigenvalue weighted by Gasteiger charge is -2.37. The molecule has 2 bridgehead atoms. The highest BCUT2D eigenvalue weighted by Crippen LogP contribution is 2.46. The first-order chi connectivity index (χ1) is 19.9. The Morgan fingerprint density at radius 3 is 2.34 bits per heavy atom. The smallest absolute Gasteiger partial charge is 0.337 e. The van der Waals surface area contributed by atoms with E-state index in [1.54, 1.807) is 42.7 Å². The number of rotatable bonds is 9. The zero-order valence-electron chi connectivity index (χ0n) is 22.5. The van der Waals surface area contributed by atoms with Crippen molar-refractivity contribution >= 4 is 41.4 Å². The number of aromatic nitrogens is 1. The minimum atomic E-state index is -0.451. The minimum absolute atomic E-state index is 0.0802. The lowest BCUT2D eigenvalue weighted by Crippen LogP contribution is -2.45. The number of ether oxygens (including phenoxy) is 2. The molecule has 0 spiro atoms. The van der Waals surface area contributed by atoms with Crippen molar-refractivity contribution < 1.29 is 23.6 Å². The molecule has 2 aromatic carbocycles. The Kier molecular flexibility index (Phi) is 8.01. The van der Waals surface area contributed by atoms with Gasteiger partial charge in [0.25, 0.3) is 5.91 Å². The van der Waals surface area contributed by atoms with Gasteiger partial charge in [0, 0.05) is 34.7 Å². The number of esters is 1. The number of amides is 1. The number of hydrogen-bond acceptors (Lipinski definition) is 7. The largest absolute Gasteiger partial charge is 0.465 e. The van der Waals surface area contributed by atoms with E-state index < -0.39 is 5.97 Å². The summed E-state index contributed by atoms with van der Waals surface area (Å²) in [7, 11) is 1.32. The van der Waals surface area contributed by atoms with Gasteiger partial charge in [-0.3, -0.25) is 4.79 Å². The molecule has 1 amide bonds. The summed E-state index contributed by atoms with van der Waals surface area (Å²) >= 11 is 13.0. The monoisotopic (exact) mass is 596 g/mol. The van der Waals surface area contributed by atoms with Gasteiger partial charge in [-0.05, 0) is 74.9 Å².